The van der Waals surface area contributed by atoms with Crippen LogP contribution in [-0.4, -0.2) is 13.0 Å². The highest BCUT2D eigenvalue weighted by Crippen LogP contribution is 2.24. The van der Waals surface area contributed by atoms with Crippen molar-refractivity contribution in [2.24, 2.45) is 0 Å². The van der Waals surface area contributed by atoms with Gasteiger partial charge in [0.05, 0.1) is 9.92 Å². The van der Waals surface area contributed by atoms with Crippen LogP contribution in [0.1, 0.15) is 0 Å². The summed E-state index contributed by atoms with van der Waals surface area (Å²) in [5.74, 6) is 0. The van der Waals surface area contributed by atoms with E-state index in [9.17, 15) is 8.42 Å². The van der Waals surface area contributed by atoms with Gasteiger partial charge in [-0.2, -0.15) is 8.42 Å². The summed E-state index contributed by atoms with van der Waals surface area (Å²) in [6.45, 7) is 0. The van der Waals surface area contributed by atoms with E-state index in [-0.39, 0.29) is 4.90 Å². The molecule has 6 heteroatoms. The van der Waals surface area contributed by atoms with Gasteiger partial charge in [-0.1, -0.05) is 11.6 Å². The first-order valence-corrected chi connectivity index (χ1v) is 5.45. The van der Waals surface area contributed by atoms with E-state index >= 15 is 0 Å². The molecule has 1 aromatic rings. The second kappa shape index (κ2) is 3.33. The van der Waals surface area contributed by atoms with E-state index in [0.717, 1.165) is 0 Å². The fourth-order valence-corrected chi connectivity index (χ4v) is 1.79. The second-order valence-electron chi connectivity index (χ2n) is 2.05. The van der Waals surface area contributed by atoms with Gasteiger partial charge in [0.15, 0.2) is 0 Å². The highest BCUT2D eigenvalue weighted by atomic mass is 79.9. The van der Waals surface area contributed by atoms with Crippen LogP contribution in [0.3, 0.4) is 0 Å². The predicted octanol–water partition coefficient (Wildman–Crippen LogP) is 2.35. The molecule has 0 atom stereocenters. The fraction of sp³-hybridized carbons (Fsp3) is 0. The molecule has 3 nitrogen and oxygen atoms in total. The van der Waals surface area contributed by atoms with E-state index in [1.54, 1.807) is 0 Å². The lowest BCUT2D eigenvalue weighted by atomic mass is 10.4. The highest BCUT2D eigenvalue weighted by Gasteiger charge is 2.10. The molecule has 0 unspecified atom stereocenters. The van der Waals surface area contributed by atoms with Gasteiger partial charge in [-0.25, -0.2) is 0 Å². The van der Waals surface area contributed by atoms with E-state index in [1.165, 1.54) is 18.2 Å². The van der Waals surface area contributed by atoms with Gasteiger partial charge in [0.25, 0.3) is 10.1 Å². The van der Waals surface area contributed by atoms with Crippen LogP contribution in [0.5, 0.6) is 0 Å². The summed E-state index contributed by atoms with van der Waals surface area (Å²) >= 11 is 8.64. The third-order valence-electron chi connectivity index (χ3n) is 1.19. The maximum absolute atomic E-state index is 10.6. The van der Waals surface area contributed by atoms with Crippen LogP contribution in [0.25, 0.3) is 0 Å². The van der Waals surface area contributed by atoms with E-state index in [2.05, 4.69) is 15.9 Å². The van der Waals surface area contributed by atoms with Crippen molar-refractivity contribution >= 4 is 37.6 Å². The van der Waals surface area contributed by atoms with E-state index < -0.39 is 10.1 Å². The Morgan fingerprint density at radius 2 is 2.00 bits per heavy atom. The summed E-state index contributed by atoms with van der Waals surface area (Å²) in [7, 11) is -4.13. The minimum absolute atomic E-state index is 0.182. The molecule has 0 saturated carbocycles. The van der Waals surface area contributed by atoms with Gasteiger partial charge in [0.2, 0.25) is 0 Å². The SMILES string of the molecule is O=S(=O)(O)c1ccc(Cl)c(Br)c1. The van der Waals surface area contributed by atoms with Crippen LogP contribution in [0.15, 0.2) is 27.6 Å². The zero-order chi connectivity index (χ0) is 9.35. The Kier molecular flexibility index (Phi) is 2.77. The van der Waals surface area contributed by atoms with Gasteiger partial charge in [-0.05, 0) is 34.1 Å². The molecule has 0 radical (unpaired) electrons. The van der Waals surface area contributed by atoms with E-state index in [0.29, 0.717) is 9.50 Å². The fourth-order valence-electron chi connectivity index (χ4n) is 0.637. The number of rotatable bonds is 1. The minimum atomic E-state index is -4.13. The molecule has 0 spiro atoms. The molecule has 0 bridgehead atoms. The third-order valence-corrected chi connectivity index (χ3v) is 3.25. The Balaban J connectivity index is 3.33. The average molecular weight is 272 g/mol. The molecule has 0 aliphatic carbocycles. The zero-order valence-electron chi connectivity index (χ0n) is 5.66. The number of hydrogen-bond donors (Lipinski definition) is 1. The van der Waals surface area contributed by atoms with Crippen LogP contribution < -0.4 is 0 Å². The quantitative estimate of drug-likeness (QED) is 0.798. The maximum atomic E-state index is 10.6. The van der Waals surface area contributed by atoms with Crippen LogP contribution in [0.4, 0.5) is 0 Å². The monoisotopic (exact) mass is 270 g/mol. The molecule has 0 heterocycles. The Labute approximate surface area is 83.2 Å². The molecule has 0 aromatic heterocycles. The first-order chi connectivity index (χ1) is 5.41. The van der Waals surface area contributed by atoms with Crippen LogP contribution in [0.2, 0.25) is 5.02 Å². The van der Waals surface area contributed by atoms with Gasteiger partial charge in [0.1, 0.15) is 0 Å². The Bertz CT molecular complexity index is 401. The van der Waals surface area contributed by atoms with Crippen molar-refractivity contribution in [1.29, 1.82) is 0 Å². The van der Waals surface area contributed by atoms with Crippen molar-refractivity contribution in [3.05, 3.63) is 27.7 Å². The third kappa shape index (κ3) is 2.20. The Morgan fingerprint density at radius 1 is 1.42 bits per heavy atom. The van der Waals surface area contributed by atoms with Gasteiger partial charge >= 0.3 is 0 Å². The maximum Gasteiger partial charge on any atom is 0.294 e. The number of benzene rings is 1. The second-order valence-corrected chi connectivity index (χ2v) is 4.73. The number of hydrogen-bond acceptors (Lipinski definition) is 2. The summed E-state index contributed by atoms with van der Waals surface area (Å²) in [6, 6.07) is 3.84. The number of halogens is 2. The molecule has 1 N–H and O–H groups in total. The van der Waals surface area contributed by atoms with E-state index in [1.807, 2.05) is 0 Å². The van der Waals surface area contributed by atoms with Gasteiger partial charge in [-0.3, -0.25) is 4.55 Å². The van der Waals surface area contributed by atoms with E-state index in [4.69, 9.17) is 16.2 Å². The lowest BCUT2D eigenvalue weighted by Crippen LogP contribution is -1.97. The summed E-state index contributed by atoms with van der Waals surface area (Å²) in [5.41, 5.74) is 0. The smallest absolute Gasteiger partial charge is 0.282 e. The minimum Gasteiger partial charge on any atom is -0.282 e. The van der Waals surface area contributed by atoms with Gasteiger partial charge in [-0.15, -0.1) is 0 Å². The molecular formula is C6H4BrClO3S. The summed E-state index contributed by atoms with van der Waals surface area (Å²) in [6.07, 6.45) is 0. The normalized spacial score (nSPS) is 11.6. The summed E-state index contributed by atoms with van der Waals surface area (Å²) in [5, 5.41) is 0.391. The molecule has 12 heavy (non-hydrogen) atoms. The molecule has 0 fully saturated rings. The Hall–Kier alpha value is -0.100. The molecule has 0 amide bonds. The predicted molar refractivity (Wildman–Crippen MR) is 49.0 cm³/mol. The lowest BCUT2D eigenvalue weighted by Gasteiger charge is -1.98. The Morgan fingerprint density at radius 3 is 2.42 bits per heavy atom. The molecule has 1 rings (SSSR count). The van der Waals surface area contributed by atoms with Crippen molar-refractivity contribution in [2.45, 2.75) is 4.90 Å². The van der Waals surface area contributed by atoms with Crippen molar-refractivity contribution in [2.75, 3.05) is 0 Å². The molecular weight excluding hydrogens is 267 g/mol. The highest BCUT2D eigenvalue weighted by molar-refractivity contribution is 9.10. The lowest BCUT2D eigenvalue weighted by molar-refractivity contribution is 0.483. The first-order valence-electron chi connectivity index (χ1n) is 2.84. The van der Waals surface area contributed by atoms with Crippen molar-refractivity contribution < 1.29 is 13.0 Å². The van der Waals surface area contributed by atoms with Gasteiger partial charge in [0, 0.05) is 4.47 Å². The molecule has 0 saturated heterocycles. The summed E-state index contributed by atoms with van der Waals surface area (Å²) in [4.78, 5) is -0.182. The van der Waals surface area contributed by atoms with Gasteiger partial charge < -0.3 is 0 Å². The largest absolute Gasteiger partial charge is 0.294 e. The molecule has 66 valence electrons. The van der Waals surface area contributed by atoms with Crippen LogP contribution in [-0.2, 0) is 10.1 Å². The molecule has 1 aromatic carbocycles. The van der Waals surface area contributed by atoms with Crippen molar-refractivity contribution in [3.63, 3.8) is 0 Å². The standard InChI is InChI=1S/C6H4BrClO3S/c7-5-3-4(12(9,10)11)1-2-6(5)8/h1-3H,(H,9,10,11). The molecule has 0 aliphatic heterocycles. The summed E-state index contributed by atoms with van der Waals surface area (Å²) < 4.78 is 30.2. The van der Waals surface area contributed by atoms with Crippen molar-refractivity contribution in [1.82, 2.24) is 0 Å². The molecule has 0 aliphatic rings. The first kappa shape index (κ1) is 9.98. The van der Waals surface area contributed by atoms with Crippen LogP contribution in [0, 0.1) is 0 Å². The van der Waals surface area contributed by atoms with Crippen molar-refractivity contribution in [3.8, 4) is 0 Å². The topological polar surface area (TPSA) is 54.4 Å². The van der Waals surface area contributed by atoms with Crippen LogP contribution >= 0.6 is 27.5 Å². The average Bonchev–Trinajstić information content (AvgIpc) is 1.92. The zero-order valence-corrected chi connectivity index (χ0v) is 8.82.